The maximum absolute atomic E-state index is 12.6. The fourth-order valence-electron chi connectivity index (χ4n) is 3.43. The van der Waals surface area contributed by atoms with Gasteiger partial charge in [0.2, 0.25) is 11.8 Å². The van der Waals surface area contributed by atoms with Crippen LogP contribution in [0.2, 0.25) is 5.02 Å². The molecule has 1 fully saturated rings. The summed E-state index contributed by atoms with van der Waals surface area (Å²) in [5.74, 6) is -0.980. The van der Waals surface area contributed by atoms with Gasteiger partial charge in [-0.15, -0.1) is 0 Å². The molecule has 6 nitrogen and oxygen atoms in total. The summed E-state index contributed by atoms with van der Waals surface area (Å²) in [6.45, 7) is 0.344. The molecule has 0 spiro atoms. The highest BCUT2D eigenvalue weighted by atomic mass is 35.5. The smallest absolute Gasteiger partial charge is 0.255 e. The van der Waals surface area contributed by atoms with Gasteiger partial charge in [-0.2, -0.15) is 0 Å². The zero-order valence-electron chi connectivity index (χ0n) is 16.5. The van der Waals surface area contributed by atoms with Gasteiger partial charge in [0.1, 0.15) is 0 Å². The average molecular weight is 434 g/mol. The highest BCUT2D eigenvalue weighted by Gasteiger charge is 2.35. The lowest BCUT2D eigenvalue weighted by Gasteiger charge is -2.16. The maximum atomic E-state index is 12.6. The topological polar surface area (TPSA) is 78.5 Å². The number of anilines is 3. The molecule has 0 bridgehead atoms. The van der Waals surface area contributed by atoms with Crippen molar-refractivity contribution in [1.29, 1.82) is 0 Å². The first-order valence-electron chi connectivity index (χ1n) is 9.83. The Kier molecular flexibility index (Phi) is 6.00. The number of rotatable bonds is 5. The Morgan fingerprint density at radius 2 is 1.45 bits per heavy atom. The molecular weight excluding hydrogens is 414 g/mol. The third-order valence-electron chi connectivity index (χ3n) is 5.08. The van der Waals surface area contributed by atoms with E-state index in [0.29, 0.717) is 28.5 Å². The monoisotopic (exact) mass is 433 g/mol. The fourth-order valence-corrected chi connectivity index (χ4v) is 3.55. The van der Waals surface area contributed by atoms with Crippen molar-refractivity contribution in [2.24, 2.45) is 5.92 Å². The third kappa shape index (κ3) is 4.92. The van der Waals surface area contributed by atoms with E-state index in [1.807, 2.05) is 30.3 Å². The quantitative estimate of drug-likeness (QED) is 0.618. The van der Waals surface area contributed by atoms with Gasteiger partial charge in [-0.05, 0) is 60.7 Å². The van der Waals surface area contributed by atoms with Crippen LogP contribution in [0.4, 0.5) is 17.1 Å². The molecule has 1 saturated heterocycles. The number of halogens is 1. The van der Waals surface area contributed by atoms with E-state index in [-0.39, 0.29) is 24.1 Å². The summed E-state index contributed by atoms with van der Waals surface area (Å²) in [5, 5.41) is 6.21. The van der Waals surface area contributed by atoms with Crippen LogP contribution < -0.4 is 15.5 Å². The van der Waals surface area contributed by atoms with Crippen molar-refractivity contribution in [1.82, 2.24) is 0 Å². The summed E-state index contributed by atoms with van der Waals surface area (Å²) in [7, 11) is 0. The molecule has 0 aliphatic carbocycles. The zero-order valence-corrected chi connectivity index (χ0v) is 17.3. The van der Waals surface area contributed by atoms with Gasteiger partial charge in [-0.1, -0.05) is 29.8 Å². The van der Waals surface area contributed by atoms with Gasteiger partial charge in [-0.3, -0.25) is 14.4 Å². The lowest BCUT2D eigenvalue weighted by atomic mass is 10.1. The molecule has 1 aliphatic heterocycles. The molecule has 0 aromatic heterocycles. The van der Waals surface area contributed by atoms with E-state index in [2.05, 4.69) is 10.6 Å². The van der Waals surface area contributed by atoms with Crippen molar-refractivity contribution in [3.8, 4) is 0 Å². The molecule has 1 unspecified atom stereocenters. The molecule has 2 N–H and O–H groups in total. The van der Waals surface area contributed by atoms with Crippen LogP contribution in [0.5, 0.6) is 0 Å². The zero-order chi connectivity index (χ0) is 21.8. The SMILES string of the molecule is O=C(Nc1ccc(Cl)cc1)c1ccc(NC(=O)C2CC(=O)N(c3ccccc3)C2)cc1. The van der Waals surface area contributed by atoms with E-state index in [1.165, 1.54) is 0 Å². The molecule has 1 heterocycles. The van der Waals surface area contributed by atoms with Gasteiger partial charge >= 0.3 is 0 Å². The molecule has 0 radical (unpaired) electrons. The molecule has 0 saturated carbocycles. The van der Waals surface area contributed by atoms with E-state index in [1.54, 1.807) is 53.4 Å². The summed E-state index contributed by atoms with van der Waals surface area (Å²) in [6, 6.07) is 22.7. The predicted octanol–water partition coefficient (Wildman–Crippen LogP) is 4.58. The fraction of sp³-hybridized carbons (Fsp3) is 0.125. The van der Waals surface area contributed by atoms with Gasteiger partial charge < -0.3 is 15.5 Å². The minimum absolute atomic E-state index is 0.0689. The van der Waals surface area contributed by atoms with E-state index >= 15 is 0 Å². The first-order valence-corrected chi connectivity index (χ1v) is 10.2. The van der Waals surface area contributed by atoms with Gasteiger partial charge in [0.25, 0.3) is 5.91 Å². The number of para-hydroxylation sites is 1. The Bertz CT molecular complexity index is 1100. The Balaban J connectivity index is 1.35. The van der Waals surface area contributed by atoms with E-state index < -0.39 is 5.92 Å². The second kappa shape index (κ2) is 9.02. The van der Waals surface area contributed by atoms with E-state index in [0.717, 1.165) is 5.69 Å². The second-order valence-electron chi connectivity index (χ2n) is 7.27. The Hall–Kier alpha value is -3.64. The maximum Gasteiger partial charge on any atom is 0.255 e. The number of hydrogen-bond donors (Lipinski definition) is 2. The Labute approximate surface area is 184 Å². The number of amides is 3. The minimum Gasteiger partial charge on any atom is -0.326 e. The van der Waals surface area contributed by atoms with E-state index in [9.17, 15) is 14.4 Å². The summed E-state index contributed by atoms with van der Waals surface area (Å²) in [6.07, 6.45) is 0.169. The van der Waals surface area contributed by atoms with Crippen molar-refractivity contribution in [3.63, 3.8) is 0 Å². The minimum atomic E-state index is -0.430. The van der Waals surface area contributed by atoms with Crippen LogP contribution in [0.1, 0.15) is 16.8 Å². The molecule has 3 amide bonds. The third-order valence-corrected chi connectivity index (χ3v) is 5.33. The molecule has 7 heteroatoms. The predicted molar refractivity (Wildman–Crippen MR) is 121 cm³/mol. The van der Waals surface area contributed by atoms with Crippen molar-refractivity contribution >= 4 is 46.4 Å². The van der Waals surface area contributed by atoms with E-state index in [4.69, 9.17) is 11.6 Å². The van der Waals surface area contributed by atoms with Gasteiger partial charge in [-0.25, -0.2) is 0 Å². The van der Waals surface area contributed by atoms with Crippen LogP contribution in [-0.2, 0) is 9.59 Å². The molecule has 156 valence electrons. The molecule has 31 heavy (non-hydrogen) atoms. The summed E-state index contributed by atoms with van der Waals surface area (Å²) >= 11 is 5.85. The van der Waals surface area contributed by atoms with Crippen molar-refractivity contribution in [2.75, 3.05) is 22.1 Å². The number of nitrogens with zero attached hydrogens (tertiary/aromatic N) is 1. The highest BCUT2D eigenvalue weighted by Crippen LogP contribution is 2.26. The van der Waals surface area contributed by atoms with Crippen LogP contribution >= 0.6 is 11.6 Å². The van der Waals surface area contributed by atoms with Crippen LogP contribution in [-0.4, -0.2) is 24.3 Å². The lowest BCUT2D eigenvalue weighted by molar-refractivity contribution is -0.122. The molecule has 3 aromatic rings. The Morgan fingerprint density at radius 1 is 0.839 bits per heavy atom. The number of benzene rings is 3. The lowest BCUT2D eigenvalue weighted by Crippen LogP contribution is -2.28. The number of carbonyl (C=O) groups is 3. The van der Waals surface area contributed by atoms with Crippen molar-refractivity contribution < 1.29 is 14.4 Å². The first kappa shape index (κ1) is 20.6. The summed E-state index contributed by atoms with van der Waals surface area (Å²) in [5.41, 5.74) is 2.46. The number of nitrogens with one attached hydrogen (secondary N) is 2. The standard InChI is InChI=1S/C24H20ClN3O3/c25-18-8-12-20(13-9-18)26-23(30)16-6-10-19(11-7-16)27-24(31)17-14-22(29)28(15-17)21-4-2-1-3-5-21/h1-13,17H,14-15H2,(H,26,30)(H,27,31). The van der Waals surface area contributed by atoms with Crippen molar-refractivity contribution in [2.45, 2.75) is 6.42 Å². The second-order valence-corrected chi connectivity index (χ2v) is 7.70. The van der Waals surface area contributed by atoms with Crippen LogP contribution in [0.15, 0.2) is 78.9 Å². The van der Waals surface area contributed by atoms with Crippen LogP contribution in [0.25, 0.3) is 0 Å². The highest BCUT2D eigenvalue weighted by molar-refractivity contribution is 6.30. The molecule has 4 rings (SSSR count). The van der Waals surface area contributed by atoms with Gasteiger partial charge in [0.15, 0.2) is 0 Å². The first-order chi connectivity index (χ1) is 15.0. The summed E-state index contributed by atoms with van der Waals surface area (Å²) < 4.78 is 0. The largest absolute Gasteiger partial charge is 0.326 e. The molecule has 3 aromatic carbocycles. The van der Waals surface area contributed by atoms with Gasteiger partial charge in [0, 0.05) is 40.6 Å². The number of carbonyl (C=O) groups excluding carboxylic acids is 3. The Morgan fingerprint density at radius 3 is 2.13 bits per heavy atom. The van der Waals surface area contributed by atoms with Crippen LogP contribution in [0.3, 0.4) is 0 Å². The average Bonchev–Trinajstić information content (AvgIpc) is 3.18. The van der Waals surface area contributed by atoms with Crippen LogP contribution in [0, 0.1) is 5.92 Å². The molecular formula is C24H20ClN3O3. The molecule has 1 aliphatic rings. The number of hydrogen-bond acceptors (Lipinski definition) is 3. The molecule has 1 atom stereocenters. The van der Waals surface area contributed by atoms with Crippen molar-refractivity contribution in [3.05, 3.63) is 89.4 Å². The summed E-state index contributed by atoms with van der Waals surface area (Å²) in [4.78, 5) is 39.0. The van der Waals surface area contributed by atoms with Gasteiger partial charge in [0.05, 0.1) is 5.92 Å². The normalized spacial score (nSPS) is 15.6.